The highest BCUT2D eigenvalue weighted by Crippen LogP contribution is 2.40. The van der Waals surface area contributed by atoms with E-state index in [0.717, 1.165) is 6.54 Å². The van der Waals surface area contributed by atoms with Gasteiger partial charge >= 0.3 is 0 Å². The number of nitrogens with one attached hydrogen (secondary N) is 1. The Hall–Kier alpha value is -4.04. The van der Waals surface area contributed by atoms with Crippen LogP contribution in [-0.2, 0) is 6.54 Å². The molecule has 0 saturated carbocycles. The van der Waals surface area contributed by atoms with E-state index in [9.17, 15) is 0 Å². The minimum absolute atomic E-state index is 0.953. The summed E-state index contributed by atoms with van der Waals surface area (Å²) in [7, 11) is 0. The molecule has 0 aliphatic rings. The van der Waals surface area contributed by atoms with Gasteiger partial charge in [0.05, 0.1) is 5.52 Å². The smallest absolute Gasteiger partial charge is 0.0571 e. The second-order valence-corrected chi connectivity index (χ2v) is 8.56. The molecule has 2 heteroatoms. The van der Waals surface area contributed by atoms with Gasteiger partial charge < -0.3 is 9.55 Å². The van der Waals surface area contributed by atoms with Crippen molar-refractivity contribution in [1.29, 1.82) is 0 Å². The van der Waals surface area contributed by atoms with Gasteiger partial charge in [-0.15, -0.1) is 0 Å². The lowest BCUT2D eigenvalue weighted by atomic mass is 9.94. The van der Waals surface area contributed by atoms with E-state index in [1.54, 1.807) is 0 Å². The Morgan fingerprint density at radius 3 is 2.12 bits per heavy atom. The van der Waals surface area contributed by atoms with Gasteiger partial charge in [-0.05, 0) is 53.8 Å². The number of aryl methyl sites for hydroxylation is 1. The normalized spacial score (nSPS) is 12.0. The zero-order valence-corrected chi connectivity index (χ0v) is 17.9. The fourth-order valence-corrected chi connectivity index (χ4v) is 5.50. The minimum Gasteiger partial charge on any atom is -0.355 e. The van der Waals surface area contributed by atoms with Crippen LogP contribution in [0.25, 0.3) is 65.5 Å². The standard InChI is InChI=1S/C30H22N2/c1-2-32-29-14-8-6-11-22(29)26-18-24(20-9-3-4-12-23(20)30(26)32)19-15-16-28-25(17-19)21-10-5-7-13-27(21)31-28/h3-18,31H,2H2,1H3. The van der Waals surface area contributed by atoms with Gasteiger partial charge in [-0.25, -0.2) is 0 Å². The van der Waals surface area contributed by atoms with E-state index in [1.165, 1.54) is 65.5 Å². The van der Waals surface area contributed by atoms with E-state index in [0.29, 0.717) is 0 Å². The molecule has 0 unspecified atom stereocenters. The molecular weight excluding hydrogens is 388 g/mol. The SMILES string of the molecule is CCn1c2ccccc2c2cc(-c3ccc4[nH]c5ccccc5c4c3)c3ccccc3c21. The lowest BCUT2D eigenvalue weighted by molar-refractivity contribution is 0.829. The van der Waals surface area contributed by atoms with Crippen LogP contribution in [0, 0.1) is 0 Å². The molecule has 152 valence electrons. The van der Waals surface area contributed by atoms with Crippen molar-refractivity contribution in [1.82, 2.24) is 9.55 Å². The predicted molar refractivity (Wildman–Crippen MR) is 137 cm³/mol. The third-order valence-electron chi connectivity index (χ3n) is 6.90. The molecule has 7 rings (SSSR count). The van der Waals surface area contributed by atoms with Gasteiger partial charge in [-0.2, -0.15) is 0 Å². The maximum absolute atomic E-state index is 3.56. The van der Waals surface area contributed by atoms with Crippen LogP contribution in [0.4, 0.5) is 0 Å². The summed E-state index contributed by atoms with van der Waals surface area (Å²) in [6, 6.07) is 35.4. The van der Waals surface area contributed by atoms with E-state index in [2.05, 4.69) is 114 Å². The van der Waals surface area contributed by atoms with Crippen molar-refractivity contribution >= 4 is 54.4 Å². The van der Waals surface area contributed by atoms with Crippen LogP contribution in [0.1, 0.15) is 6.92 Å². The molecule has 0 spiro atoms. The average molecular weight is 411 g/mol. The summed E-state index contributed by atoms with van der Waals surface area (Å²) in [5.74, 6) is 0. The molecule has 0 amide bonds. The molecule has 0 saturated heterocycles. The lowest BCUT2D eigenvalue weighted by Gasteiger charge is -2.12. The van der Waals surface area contributed by atoms with Gasteiger partial charge in [0, 0.05) is 50.0 Å². The van der Waals surface area contributed by atoms with E-state index >= 15 is 0 Å². The highest BCUT2D eigenvalue weighted by molar-refractivity contribution is 6.21. The largest absolute Gasteiger partial charge is 0.355 e. The summed E-state index contributed by atoms with van der Waals surface area (Å²) in [6.07, 6.45) is 0. The molecule has 1 N–H and O–H groups in total. The predicted octanol–water partition coefficient (Wildman–Crippen LogP) is 8.27. The minimum atomic E-state index is 0.953. The fourth-order valence-electron chi connectivity index (χ4n) is 5.50. The van der Waals surface area contributed by atoms with Gasteiger partial charge in [0.15, 0.2) is 0 Å². The molecule has 0 aliphatic carbocycles. The summed E-state index contributed by atoms with van der Waals surface area (Å²) in [5.41, 5.74) is 7.56. The van der Waals surface area contributed by atoms with Crippen LogP contribution in [0.15, 0.2) is 97.1 Å². The van der Waals surface area contributed by atoms with Crippen LogP contribution in [0.5, 0.6) is 0 Å². The number of hydrogen-bond donors (Lipinski definition) is 1. The Morgan fingerprint density at radius 2 is 1.28 bits per heavy atom. The Kier molecular flexibility index (Phi) is 3.57. The quantitative estimate of drug-likeness (QED) is 0.296. The first kappa shape index (κ1) is 17.6. The second kappa shape index (κ2) is 6.48. The van der Waals surface area contributed by atoms with Gasteiger partial charge in [-0.3, -0.25) is 0 Å². The summed E-state index contributed by atoms with van der Waals surface area (Å²) in [5, 5.41) is 7.82. The number of nitrogens with zero attached hydrogens (tertiary/aromatic N) is 1. The number of aromatic amines is 1. The molecule has 2 aromatic heterocycles. The van der Waals surface area contributed by atoms with Crippen molar-refractivity contribution in [3.8, 4) is 11.1 Å². The van der Waals surface area contributed by atoms with Crippen LogP contribution in [-0.4, -0.2) is 9.55 Å². The first-order chi connectivity index (χ1) is 15.8. The summed E-state index contributed by atoms with van der Waals surface area (Å²) < 4.78 is 2.46. The first-order valence-corrected chi connectivity index (χ1v) is 11.3. The van der Waals surface area contributed by atoms with Crippen molar-refractivity contribution in [2.24, 2.45) is 0 Å². The molecular formula is C30H22N2. The molecule has 0 aliphatic heterocycles. The van der Waals surface area contributed by atoms with Crippen LogP contribution in [0.3, 0.4) is 0 Å². The number of H-pyrrole nitrogens is 1. The van der Waals surface area contributed by atoms with Crippen LogP contribution >= 0.6 is 0 Å². The lowest BCUT2D eigenvalue weighted by Crippen LogP contribution is -1.94. The molecule has 7 aromatic rings. The third kappa shape index (κ3) is 2.29. The Morgan fingerprint density at radius 1 is 0.594 bits per heavy atom. The molecule has 32 heavy (non-hydrogen) atoms. The number of hydrogen-bond acceptors (Lipinski definition) is 0. The molecule has 0 fully saturated rings. The topological polar surface area (TPSA) is 20.7 Å². The molecule has 2 heterocycles. The van der Waals surface area contributed by atoms with E-state index in [-0.39, 0.29) is 0 Å². The van der Waals surface area contributed by atoms with Crippen molar-refractivity contribution in [3.63, 3.8) is 0 Å². The van der Waals surface area contributed by atoms with Crippen LogP contribution < -0.4 is 0 Å². The van der Waals surface area contributed by atoms with Crippen molar-refractivity contribution in [3.05, 3.63) is 97.1 Å². The third-order valence-corrected chi connectivity index (χ3v) is 6.90. The Bertz CT molecular complexity index is 1810. The average Bonchev–Trinajstić information content (AvgIpc) is 3.38. The molecule has 5 aromatic carbocycles. The zero-order chi connectivity index (χ0) is 21.2. The molecule has 0 atom stereocenters. The van der Waals surface area contributed by atoms with Crippen molar-refractivity contribution < 1.29 is 0 Å². The molecule has 0 radical (unpaired) electrons. The number of rotatable bonds is 2. The van der Waals surface area contributed by atoms with Gasteiger partial charge in [0.25, 0.3) is 0 Å². The van der Waals surface area contributed by atoms with Gasteiger partial charge in [-0.1, -0.05) is 66.7 Å². The highest BCUT2D eigenvalue weighted by atomic mass is 15.0. The molecule has 2 nitrogen and oxygen atoms in total. The summed E-state index contributed by atoms with van der Waals surface area (Å²) in [4.78, 5) is 3.56. The van der Waals surface area contributed by atoms with E-state index < -0.39 is 0 Å². The second-order valence-electron chi connectivity index (χ2n) is 8.56. The van der Waals surface area contributed by atoms with Gasteiger partial charge in [0.2, 0.25) is 0 Å². The van der Waals surface area contributed by atoms with E-state index in [1.807, 2.05) is 0 Å². The maximum Gasteiger partial charge on any atom is 0.0571 e. The van der Waals surface area contributed by atoms with Crippen molar-refractivity contribution in [2.45, 2.75) is 13.5 Å². The first-order valence-electron chi connectivity index (χ1n) is 11.3. The monoisotopic (exact) mass is 410 g/mol. The highest BCUT2D eigenvalue weighted by Gasteiger charge is 2.16. The Balaban J connectivity index is 1.63. The summed E-state index contributed by atoms with van der Waals surface area (Å²) >= 11 is 0. The number of fused-ring (bicyclic) bond motifs is 8. The van der Waals surface area contributed by atoms with Crippen LogP contribution in [0.2, 0.25) is 0 Å². The van der Waals surface area contributed by atoms with Gasteiger partial charge in [0.1, 0.15) is 0 Å². The maximum atomic E-state index is 3.56. The number of para-hydroxylation sites is 2. The number of benzene rings is 5. The van der Waals surface area contributed by atoms with E-state index in [4.69, 9.17) is 0 Å². The van der Waals surface area contributed by atoms with Crippen molar-refractivity contribution in [2.75, 3.05) is 0 Å². The zero-order valence-electron chi connectivity index (χ0n) is 17.9. The summed E-state index contributed by atoms with van der Waals surface area (Å²) in [6.45, 7) is 3.19. The molecule has 0 bridgehead atoms. The number of aromatic nitrogens is 2. The Labute approximate surface area is 185 Å². The fraction of sp³-hybridized carbons (Fsp3) is 0.0667.